The zero-order valence-corrected chi connectivity index (χ0v) is 15.0. The molecule has 8 heteroatoms. The lowest BCUT2D eigenvalue weighted by atomic mass is 10.1. The highest BCUT2D eigenvalue weighted by atomic mass is 35.5. The summed E-state index contributed by atoms with van der Waals surface area (Å²) in [6.45, 7) is 10.3. The second kappa shape index (κ2) is 7.93. The minimum absolute atomic E-state index is 0. The average Bonchev–Trinajstić information content (AvgIpc) is 3.06. The van der Waals surface area contributed by atoms with Gasteiger partial charge in [-0.1, -0.05) is 5.16 Å². The summed E-state index contributed by atoms with van der Waals surface area (Å²) in [6, 6.07) is 0. The Bertz CT molecular complexity index is 450. The van der Waals surface area contributed by atoms with Crippen LogP contribution in [-0.2, 0) is 12.1 Å². The summed E-state index contributed by atoms with van der Waals surface area (Å²) in [6.07, 6.45) is 2.86. The molecule has 0 unspecified atom stereocenters. The monoisotopic (exact) mass is 351 g/mol. The summed E-state index contributed by atoms with van der Waals surface area (Å²) in [5, 5.41) is 3.97. The van der Waals surface area contributed by atoms with Gasteiger partial charge in [0.1, 0.15) is 0 Å². The van der Waals surface area contributed by atoms with Crippen molar-refractivity contribution < 1.29 is 4.52 Å². The van der Waals surface area contributed by atoms with E-state index in [1.807, 2.05) is 13.8 Å². The molecule has 0 radical (unpaired) electrons. The van der Waals surface area contributed by atoms with Crippen molar-refractivity contribution >= 4 is 24.8 Å². The topological polar surface area (TPSA) is 71.4 Å². The summed E-state index contributed by atoms with van der Waals surface area (Å²) < 4.78 is 5.30. The Kier molecular flexibility index (Phi) is 7.08. The first kappa shape index (κ1) is 19.6. The SMILES string of the molecule is CC(C)(N)c1noc(CN2CCN(CC3CC3)CC2)n1.Cl.Cl. The summed E-state index contributed by atoms with van der Waals surface area (Å²) in [5.74, 6) is 2.24. The second-order valence-electron chi connectivity index (χ2n) is 6.75. The number of nitrogens with zero attached hydrogens (tertiary/aromatic N) is 4. The maximum atomic E-state index is 5.97. The van der Waals surface area contributed by atoms with Crippen LogP contribution < -0.4 is 5.73 Å². The molecule has 0 bridgehead atoms. The zero-order valence-electron chi connectivity index (χ0n) is 13.3. The van der Waals surface area contributed by atoms with Crippen molar-refractivity contribution in [2.24, 2.45) is 11.7 Å². The normalized spacial score (nSPS) is 20.3. The highest BCUT2D eigenvalue weighted by Gasteiger charge is 2.27. The molecule has 0 amide bonds. The molecule has 0 aromatic carbocycles. The zero-order chi connectivity index (χ0) is 14.2. The molecule has 1 saturated carbocycles. The van der Waals surface area contributed by atoms with Crippen molar-refractivity contribution in [2.75, 3.05) is 32.7 Å². The van der Waals surface area contributed by atoms with Crippen LogP contribution in [0.4, 0.5) is 0 Å². The van der Waals surface area contributed by atoms with E-state index in [0.29, 0.717) is 11.7 Å². The van der Waals surface area contributed by atoms with E-state index in [-0.39, 0.29) is 24.8 Å². The van der Waals surface area contributed by atoms with Gasteiger partial charge in [0.05, 0.1) is 12.1 Å². The molecular formula is C14H27Cl2N5O. The van der Waals surface area contributed by atoms with Crippen molar-refractivity contribution in [1.82, 2.24) is 19.9 Å². The predicted molar refractivity (Wildman–Crippen MR) is 90.4 cm³/mol. The fraction of sp³-hybridized carbons (Fsp3) is 0.857. The van der Waals surface area contributed by atoms with Crippen molar-refractivity contribution in [1.29, 1.82) is 0 Å². The molecule has 1 aromatic heterocycles. The fourth-order valence-corrected chi connectivity index (χ4v) is 2.57. The number of hydrogen-bond donors (Lipinski definition) is 1. The van der Waals surface area contributed by atoms with E-state index in [0.717, 1.165) is 38.6 Å². The van der Waals surface area contributed by atoms with E-state index < -0.39 is 5.54 Å². The predicted octanol–water partition coefficient (Wildman–Crippen LogP) is 1.63. The van der Waals surface area contributed by atoms with Gasteiger partial charge in [-0.3, -0.25) is 4.90 Å². The smallest absolute Gasteiger partial charge is 0.240 e. The molecule has 1 aliphatic carbocycles. The van der Waals surface area contributed by atoms with E-state index in [1.165, 1.54) is 19.4 Å². The van der Waals surface area contributed by atoms with Crippen LogP contribution in [0.5, 0.6) is 0 Å². The number of hydrogen-bond acceptors (Lipinski definition) is 6. The van der Waals surface area contributed by atoms with Gasteiger partial charge in [0, 0.05) is 32.7 Å². The molecule has 2 fully saturated rings. The summed E-state index contributed by atoms with van der Waals surface area (Å²) in [7, 11) is 0. The van der Waals surface area contributed by atoms with Crippen LogP contribution >= 0.6 is 24.8 Å². The summed E-state index contributed by atoms with van der Waals surface area (Å²) in [5.41, 5.74) is 5.43. The van der Waals surface area contributed by atoms with Gasteiger partial charge in [0.2, 0.25) is 5.89 Å². The third-order valence-electron chi connectivity index (χ3n) is 4.08. The van der Waals surface area contributed by atoms with Crippen LogP contribution in [-0.4, -0.2) is 52.7 Å². The minimum atomic E-state index is -0.537. The Morgan fingerprint density at radius 3 is 2.23 bits per heavy atom. The molecule has 1 aliphatic heterocycles. The van der Waals surface area contributed by atoms with Gasteiger partial charge in [0.25, 0.3) is 0 Å². The molecule has 0 atom stereocenters. The quantitative estimate of drug-likeness (QED) is 0.869. The van der Waals surface area contributed by atoms with Crippen molar-refractivity contribution in [3.8, 4) is 0 Å². The van der Waals surface area contributed by atoms with Gasteiger partial charge in [-0.05, 0) is 32.6 Å². The Hall–Kier alpha value is -0.400. The fourth-order valence-electron chi connectivity index (χ4n) is 2.57. The third-order valence-corrected chi connectivity index (χ3v) is 4.08. The lowest BCUT2D eigenvalue weighted by molar-refractivity contribution is 0.113. The van der Waals surface area contributed by atoms with E-state index in [4.69, 9.17) is 10.3 Å². The van der Waals surface area contributed by atoms with E-state index in [1.54, 1.807) is 0 Å². The maximum Gasteiger partial charge on any atom is 0.240 e. The van der Waals surface area contributed by atoms with Crippen LogP contribution in [0.25, 0.3) is 0 Å². The maximum absolute atomic E-state index is 5.97. The Morgan fingerprint density at radius 2 is 1.73 bits per heavy atom. The Labute approximate surface area is 144 Å². The van der Waals surface area contributed by atoms with Crippen LogP contribution in [0.3, 0.4) is 0 Å². The van der Waals surface area contributed by atoms with Crippen molar-refractivity contribution in [3.63, 3.8) is 0 Å². The molecule has 0 spiro atoms. The number of aromatic nitrogens is 2. The molecule has 1 saturated heterocycles. The van der Waals surface area contributed by atoms with Gasteiger partial charge in [-0.15, -0.1) is 24.8 Å². The van der Waals surface area contributed by atoms with Crippen LogP contribution in [0.1, 0.15) is 38.4 Å². The molecule has 128 valence electrons. The van der Waals surface area contributed by atoms with Crippen LogP contribution in [0.15, 0.2) is 4.52 Å². The first-order valence-electron chi connectivity index (χ1n) is 7.57. The van der Waals surface area contributed by atoms with E-state index >= 15 is 0 Å². The van der Waals surface area contributed by atoms with Crippen molar-refractivity contribution in [3.05, 3.63) is 11.7 Å². The standard InChI is InChI=1S/C14H25N5O.2ClH/c1-14(2,15)13-16-12(20-17-13)10-19-7-5-18(6-8-19)9-11-3-4-11;;/h11H,3-10,15H2,1-2H3;2*1H. The molecule has 22 heavy (non-hydrogen) atoms. The van der Waals surface area contributed by atoms with E-state index in [2.05, 4.69) is 19.9 Å². The van der Waals surface area contributed by atoms with Gasteiger partial charge in [0.15, 0.2) is 5.82 Å². The number of rotatable bonds is 5. The highest BCUT2D eigenvalue weighted by molar-refractivity contribution is 5.85. The first-order valence-corrected chi connectivity index (χ1v) is 7.57. The number of halogens is 2. The number of piperazine rings is 1. The molecular weight excluding hydrogens is 325 g/mol. The minimum Gasteiger partial charge on any atom is -0.338 e. The van der Waals surface area contributed by atoms with Gasteiger partial charge in [-0.25, -0.2) is 0 Å². The molecule has 6 nitrogen and oxygen atoms in total. The molecule has 2 N–H and O–H groups in total. The van der Waals surface area contributed by atoms with Crippen LogP contribution in [0, 0.1) is 5.92 Å². The largest absolute Gasteiger partial charge is 0.338 e. The summed E-state index contributed by atoms with van der Waals surface area (Å²) >= 11 is 0. The Morgan fingerprint density at radius 1 is 1.14 bits per heavy atom. The molecule has 1 aromatic rings. The first-order chi connectivity index (χ1) is 9.50. The lowest BCUT2D eigenvalue weighted by Crippen LogP contribution is -2.46. The van der Waals surface area contributed by atoms with Gasteiger partial charge < -0.3 is 15.2 Å². The van der Waals surface area contributed by atoms with Gasteiger partial charge in [-0.2, -0.15) is 4.98 Å². The van der Waals surface area contributed by atoms with Crippen LogP contribution in [0.2, 0.25) is 0 Å². The second-order valence-corrected chi connectivity index (χ2v) is 6.75. The van der Waals surface area contributed by atoms with Gasteiger partial charge >= 0.3 is 0 Å². The summed E-state index contributed by atoms with van der Waals surface area (Å²) in [4.78, 5) is 9.35. The van der Waals surface area contributed by atoms with E-state index in [9.17, 15) is 0 Å². The average molecular weight is 352 g/mol. The lowest BCUT2D eigenvalue weighted by Gasteiger charge is -2.33. The third kappa shape index (κ3) is 5.35. The Balaban J connectivity index is 0.00000121. The molecule has 3 rings (SSSR count). The molecule has 2 aliphatic rings. The highest BCUT2D eigenvalue weighted by Crippen LogP contribution is 2.29. The van der Waals surface area contributed by atoms with Crippen molar-refractivity contribution in [2.45, 2.75) is 38.8 Å². The molecule has 2 heterocycles. The number of nitrogens with two attached hydrogens (primary N) is 1.